The van der Waals surface area contributed by atoms with Crippen molar-refractivity contribution in [3.8, 4) is 12.1 Å². The van der Waals surface area contributed by atoms with Crippen molar-refractivity contribution < 1.29 is 4.79 Å². The molecule has 3 heterocycles. The Morgan fingerprint density at radius 3 is 3.11 bits per heavy atom. The molecule has 1 aromatic heterocycles. The highest BCUT2D eigenvalue weighted by atomic mass is 16.1. The number of rotatable bonds is 2. The zero-order valence-corrected chi connectivity index (χ0v) is 9.63. The van der Waals surface area contributed by atoms with E-state index in [1.165, 1.54) is 0 Å². The molecule has 3 unspecified atom stereocenters. The third-order valence-corrected chi connectivity index (χ3v) is 3.80. The molecule has 6 nitrogen and oxygen atoms in total. The van der Waals surface area contributed by atoms with Gasteiger partial charge in [0.25, 0.3) is 0 Å². The molecule has 3 atom stereocenters. The fourth-order valence-electron chi connectivity index (χ4n) is 3.06. The molecule has 90 valence electrons. The van der Waals surface area contributed by atoms with Gasteiger partial charge in [-0.15, -0.1) is 0 Å². The standard InChI is InChI=1S/C12H11N5O/c13-2-1-3-17-9-4-7(5-14)11(17)8-6-15-16-10(8)12(9)18/h6-7,9,11H,1,3-4H2,(H,15,16). The van der Waals surface area contributed by atoms with E-state index in [4.69, 9.17) is 5.26 Å². The summed E-state index contributed by atoms with van der Waals surface area (Å²) in [7, 11) is 0. The number of nitriles is 2. The third kappa shape index (κ3) is 1.30. The fraction of sp³-hybridized carbons (Fsp3) is 0.500. The van der Waals surface area contributed by atoms with Gasteiger partial charge in [0.05, 0.1) is 36.3 Å². The van der Waals surface area contributed by atoms with E-state index in [1.54, 1.807) is 6.20 Å². The van der Waals surface area contributed by atoms with Crippen molar-refractivity contribution in [2.75, 3.05) is 6.54 Å². The van der Waals surface area contributed by atoms with Crippen LogP contribution in [0.15, 0.2) is 6.20 Å². The molecule has 0 radical (unpaired) electrons. The van der Waals surface area contributed by atoms with Crippen molar-refractivity contribution >= 4 is 5.78 Å². The summed E-state index contributed by atoms with van der Waals surface area (Å²) in [6.07, 6.45) is 2.54. The van der Waals surface area contributed by atoms with Crippen molar-refractivity contribution in [1.29, 1.82) is 10.5 Å². The van der Waals surface area contributed by atoms with Gasteiger partial charge in [-0.2, -0.15) is 15.6 Å². The maximum atomic E-state index is 12.3. The maximum Gasteiger partial charge on any atom is 0.198 e. The van der Waals surface area contributed by atoms with Crippen LogP contribution in [0.4, 0.5) is 0 Å². The minimum absolute atomic E-state index is 0.00515. The lowest BCUT2D eigenvalue weighted by Crippen LogP contribution is -2.42. The molecule has 1 N–H and O–H groups in total. The lowest BCUT2D eigenvalue weighted by atomic mass is 9.95. The SMILES string of the molecule is N#CCCN1C2CC(C#N)C1c1cn[nH]c1C2=O. The van der Waals surface area contributed by atoms with Gasteiger partial charge in [-0.25, -0.2) is 0 Å². The monoisotopic (exact) mass is 241 g/mol. The van der Waals surface area contributed by atoms with E-state index in [-0.39, 0.29) is 23.8 Å². The van der Waals surface area contributed by atoms with E-state index in [9.17, 15) is 10.1 Å². The van der Waals surface area contributed by atoms with Crippen LogP contribution in [0, 0.1) is 28.6 Å². The first-order valence-electron chi connectivity index (χ1n) is 5.87. The largest absolute Gasteiger partial charge is 0.291 e. The minimum Gasteiger partial charge on any atom is -0.291 e. The molecule has 0 aliphatic carbocycles. The molecule has 2 aliphatic rings. The summed E-state index contributed by atoms with van der Waals surface area (Å²) in [5.41, 5.74) is 1.34. The van der Waals surface area contributed by atoms with Gasteiger partial charge in [-0.1, -0.05) is 0 Å². The molecular formula is C12H11N5O. The Kier molecular flexibility index (Phi) is 2.39. The molecular weight excluding hydrogens is 230 g/mol. The van der Waals surface area contributed by atoms with E-state index >= 15 is 0 Å². The average Bonchev–Trinajstić information content (AvgIpc) is 2.96. The molecule has 0 spiro atoms. The van der Waals surface area contributed by atoms with E-state index < -0.39 is 0 Å². The third-order valence-electron chi connectivity index (χ3n) is 3.80. The number of ketones is 1. The molecule has 1 aromatic rings. The zero-order chi connectivity index (χ0) is 12.7. The summed E-state index contributed by atoms with van der Waals surface area (Å²) < 4.78 is 0. The average molecular weight is 241 g/mol. The highest BCUT2D eigenvalue weighted by molar-refractivity contribution is 6.01. The smallest absolute Gasteiger partial charge is 0.198 e. The molecule has 0 amide bonds. The van der Waals surface area contributed by atoms with E-state index in [0.717, 1.165) is 5.56 Å². The van der Waals surface area contributed by atoms with Crippen LogP contribution in [-0.2, 0) is 0 Å². The molecule has 1 fully saturated rings. The first-order chi connectivity index (χ1) is 8.77. The van der Waals surface area contributed by atoms with Gasteiger partial charge in [-0.3, -0.25) is 14.8 Å². The number of H-pyrrole nitrogens is 1. The molecule has 6 heteroatoms. The van der Waals surface area contributed by atoms with Crippen molar-refractivity contribution in [3.63, 3.8) is 0 Å². The van der Waals surface area contributed by atoms with Crippen LogP contribution in [0.3, 0.4) is 0 Å². The predicted molar refractivity (Wildman–Crippen MR) is 60.1 cm³/mol. The normalized spacial score (nSPS) is 29.7. The molecule has 3 rings (SSSR count). The van der Waals surface area contributed by atoms with Crippen molar-refractivity contribution in [2.45, 2.75) is 24.9 Å². The first-order valence-corrected chi connectivity index (χ1v) is 5.87. The van der Waals surface area contributed by atoms with Gasteiger partial charge in [0.2, 0.25) is 0 Å². The Morgan fingerprint density at radius 1 is 1.56 bits per heavy atom. The van der Waals surface area contributed by atoms with Crippen molar-refractivity contribution in [2.24, 2.45) is 5.92 Å². The van der Waals surface area contributed by atoms with E-state index in [2.05, 4.69) is 22.3 Å². The summed E-state index contributed by atoms with van der Waals surface area (Å²) in [5.74, 6) is -0.203. The summed E-state index contributed by atoms with van der Waals surface area (Å²) in [6.45, 7) is 0.528. The molecule has 18 heavy (non-hydrogen) atoms. The Balaban J connectivity index is 2.04. The number of carbonyl (C=O) groups is 1. The highest BCUT2D eigenvalue weighted by Crippen LogP contribution is 2.46. The van der Waals surface area contributed by atoms with Crippen LogP contribution in [0.1, 0.15) is 34.9 Å². The number of carbonyl (C=O) groups excluding carboxylic acids is 1. The number of hydrogen-bond acceptors (Lipinski definition) is 5. The van der Waals surface area contributed by atoms with Crippen molar-refractivity contribution in [1.82, 2.24) is 15.1 Å². The molecule has 0 saturated carbocycles. The van der Waals surface area contributed by atoms with Gasteiger partial charge in [0.1, 0.15) is 5.69 Å². The lowest BCUT2D eigenvalue weighted by molar-refractivity contribution is 0.0790. The minimum atomic E-state index is -0.277. The first kappa shape index (κ1) is 10.9. The second-order valence-corrected chi connectivity index (χ2v) is 4.64. The summed E-state index contributed by atoms with van der Waals surface area (Å²) in [5, 5.41) is 24.5. The Bertz CT molecular complexity index is 578. The topological polar surface area (TPSA) is 96.6 Å². The van der Waals surface area contributed by atoms with Crippen LogP contribution in [0.2, 0.25) is 0 Å². The number of aromatic nitrogens is 2. The number of aromatic amines is 1. The Morgan fingerprint density at radius 2 is 2.39 bits per heavy atom. The number of nitrogens with one attached hydrogen (secondary N) is 1. The van der Waals surface area contributed by atoms with E-state index in [0.29, 0.717) is 25.1 Å². The van der Waals surface area contributed by atoms with E-state index in [1.807, 2.05) is 4.90 Å². The number of fused-ring (bicyclic) bond motifs is 4. The quantitative estimate of drug-likeness (QED) is 0.825. The highest BCUT2D eigenvalue weighted by Gasteiger charge is 2.51. The lowest BCUT2D eigenvalue weighted by Gasteiger charge is -2.32. The van der Waals surface area contributed by atoms with Gasteiger partial charge in [0, 0.05) is 18.5 Å². The Labute approximate surface area is 104 Å². The second kappa shape index (κ2) is 3.94. The molecule has 2 aliphatic heterocycles. The summed E-state index contributed by atoms with van der Waals surface area (Å²) in [4.78, 5) is 14.2. The van der Waals surface area contributed by atoms with Gasteiger partial charge >= 0.3 is 0 Å². The fourth-order valence-corrected chi connectivity index (χ4v) is 3.06. The number of Topliss-reactive ketones (excluding diaryl/α,β-unsaturated/α-hetero) is 1. The van der Waals surface area contributed by atoms with Crippen LogP contribution < -0.4 is 0 Å². The summed E-state index contributed by atoms with van der Waals surface area (Å²) in [6, 6.07) is 3.99. The van der Waals surface area contributed by atoms with Crippen LogP contribution in [-0.4, -0.2) is 33.5 Å². The number of nitrogens with zero attached hydrogens (tertiary/aromatic N) is 4. The molecule has 0 aromatic carbocycles. The molecule has 2 bridgehead atoms. The van der Waals surface area contributed by atoms with Crippen molar-refractivity contribution in [3.05, 3.63) is 17.5 Å². The second-order valence-electron chi connectivity index (χ2n) is 4.64. The number of hydrogen-bond donors (Lipinski definition) is 1. The van der Waals surface area contributed by atoms with Gasteiger partial charge in [0.15, 0.2) is 5.78 Å². The van der Waals surface area contributed by atoms with Crippen LogP contribution >= 0.6 is 0 Å². The Hall–Kier alpha value is -2.18. The zero-order valence-electron chi connectivity index (χ0n) is 9.63. The van der Waals surface area contributed by atoms with Crippen LogP contribution in [0.25, 0.3) is 0 Å². The summed E-state index contributed by atoms with van der Waals surface area (Å²) >= 11 is 0. The van der Waals surface area contributed by atoms with Crippen LogP contribution in [0.5, 0.6) is 0 Å². The van der Waals surface area contributed by atoms with Gasteiger partial charge in [-0.05, 0) is 6.42 Å². The predicted octanol–water partition coefficient (Wildman–Crippen LogP) is 0.775. The maximum absolute atomic E-state index is 12.3. The molecule has 1 saturated heterocycles. The van der Waals surface area contributed by atoms with Gasteiger partial charge < -0.3 is 0 Å².